The number of hydrogen-bond donors (Lipinski definition) is 2. The Balaban J connectivity index is 1.90. The Hall–Kier alpha value is -2.56. The number of carbonyl (C=O) groups excluding carboxylic acids is 1. The van der Waals surface area contributed by atoms with Crippen molar-refractivity contribution in [2.75, 3.05) is 10.6 Å². The molecule has 0 saturated heterocycles. The first kappa shape index (κ1) is 17.8. The molecule has 0 fully saturated rings. The summed E-state index contributed by atoms with van der Waals surface area (Å²) in [5.41, 5.74) is 1.64. The maximum Gasteiger partial charge on any atom is 0.224 e. The summed E-state index contributed by atoms with van der Waals surface area (Å²) >= 11 is 0. The summed E-state index contributed by atoms with van der Waals surface area (Å²) in [6, 6.07) is 11.4. The Morgan fingerprint density at radius 2 is 1.83 bits per heavy atom. The van der Waals surface area contributed by atoms with E-state index in [-0.39, 0.29) is 12.0 Å². The highest BCUT2D eigenvalue weighted by Gasteiger charge is 2.03. The quantitative estimate of drug-likeness (QED) is 0.735. The predicted octanol–water partition coefficient (Wildman–Crippen LogP) is 4.74. The minimum absolute atomic E-state index is 0.0279. The molecule has 0 atom stereocenters. The number of nitrogens with zero attached hydrogens (tertiary/aromatic N) is 1. The standard InChI is InChI=1S/C19H25N3O2/c1-4-5-6-19(23)22-16-9-12-18(20-13-16)21-15-7-10-17(11-8-15)24-14(2)3/h7-14H,4-6H2,1-3H3,(H,20,21)(H,22,23). The van der Waals surface area contributed by atoms with Gasteiger partial charge in [-0.3, -0.25) is 4.79 Å². The molecular weight excluding hydrogens is 302 g/mol. The highest BCUT2D eigenvalue weighted by atomic mass is 16.5. The average Bonchev–Trinajstić information content (AvgIpc) is 2.56. The van der Waals surface area contributed by atoms with Crippen molar-refractivity contribution in [3.8, 4) is 5.75 Å². The van der Waals surface area contributed by atoms with Gasteiger partial charge >= 0.3 is 0 Å². The van der Waals surface area contributed by atoms with E-state index in [0.717, 1.165) is 30.1 Å². The van der Waals surface area contributed by atoms with Crippen molar-refractivity contribution < 1.29 is 9.53 Å². The normalized spacial score (nSPS) is 10.5. The Kier molecular flexibility index (Phi) is 6.61. The number of rotatable bonds is 8. The molecule has 0 spiro atoms. The van der Waals surface area contributed by atoms with Crippen molar-refractivity contribution in [2.24, 2.45) is 0 Å². The van der Waals surface area contributed by atoms with E-state index in [4.69, 9.17) is 4.74 Å². The van der Waals surface area contributed by atoms with Crippen molar-refractivity contribution in [3.05, 3.63) is 42.6 Å². The second kappa shape index (κ2) is 8.91. The van der Waals surface area contributed by atoms with Crippen LogP contribution in [0.4, 0.5) is 17.2 Å². The zero-order valence-corrected chi connectivity index (χ0v) is 14.5. The van der Waals surface area contributed by atoms with Crippen molar-refractivity contribution in [3.63, 3.8) is 0 Å². The molecule has 1 heterocycles. The van der Waals surface area contributed by atoms with Crippen LogP contribution in [-0.2, 0) is 4.79 Å². The van der Waals surface area contributed by atoms with Gasteiger partial charge < -0.3 is 15.4 Å². The summed E-state index contributed by atoms with van der Waals surface area (Å²) in [6.07, 6.45) is 4.26. The third kappa shape index (κ3) is 5.91. The Morgan fingerprint density at radius 1 is 1.12 bits per heavy atom. The molecule has 0 saturated carbocycles. The highest BCUT2D eigenvalue weighted by molar-refractivity contribution is 5.90. The van der Waals surface area contributed by atoms with Crippen LogP contribution in [0.3, 0.4) is 0 Å². The van der Waals surface area contributed by atoms with E-state index in [1.807, 2.05) is 50.2 Å². The maximum atomic E-state index is 11.7. The number of pyridine rings is 1. The maximum absolute atomic E-state index is 11.7. The number of unbranched alkanes of at least 4 members (excludes halogenated alkanes) is 1. The lowest BCUT2D eigenvalue weighted by Crippen LogP contribution is -2.11. The Labute approximate surface area is 143 Å². The van der Waals surface area contributed by atoms with Crippen LogP contribution in [0.2, 0.25) is 0 Å². The van der Waals surface area contributed by atoms with Gasteiger partial charge in [-0.2, -0.15) is 0 Å². The summed E-state index contributed by atoms with van der Waals surface area (Å²) in [7, 11) is 0. The molecular formula is C19H25N3O2. The number of ether oxygens (including phenoxy) is 1. The van der Waals surface area contributed by atoms with Gasteiger partial charge in [0, 0.05) is 12.1 Å². The lowest BCUT2D eigenvalue weighted by atomic mass is 10.2. The summed E-state index contributed by atoms with van der Waals surface area (Å²) in [4.78, 5) is 16.0. The average molecular weight is 327 g/mol. The van der Waals surface area contributed by atoms with Crippen LogP contribution in [0, 0.1) is 0 Å². The van der Waals surface area contributed by atoms with E-state index in [1.54, 1.807) is 6.20 Å². The molecule has 1 aromatic heterocycles. The second-order valence-electron chi connectivity index (χ2n) is 5.90. The van der Waals surface area contributed by atoms with E-state index < -0.39 is 0 Å². The molecule has 0 radical (unpaired) electrons. The van der Waals surface area contributed by atoms with Crippen molar-refractivity contribution in [1.29, 1.82) is 0 Å². The van der Waals surface area contributed by atoms with E-state index in [1.165, 1.54) is 0 Å². The monoisotopic (exact) mass is 327 g/mol. The zero-order valence-electron chi connectivity index (χ0n) is 14.5. The van der Waals surface area contributed by atoms with E-state index >= 15 is 0 Å². The molecule has 2 N–H and O–H groups in total. The predicted molar refractivity (Wildman–Crippen MR) is 97.9 cm³/mol. The smallest absolute Gasteiger partial charge is 0.224 e. The van der Waals surface area contributed by atoms with Gasteiger partial charge in [0.05, 0.1) is 18.0 Å². The summed E-state index contributed by atoms with van der Waals surface area (Å²) < 4.78 is 5.62. The molecule has 1 amide bonds. The molecule has 0 bridgehead atoms. The molecule has 0 aliphatic carbocycles. The van der Waals surface area contributed by atoms with Crippen molar-refractivity contribution in [2.45, 2.75) is 46.1 Å². The van der Waals surface area contributed by atoms with Gasteiger partial charge in [-0.25, -0.2) is 4.98 Å². The SMILES string of the molecule is CCCCC(=O)Nc1ccc(Nc2ccc(OC(C)C)cc2)nc1. The lowest BCUT2D eigenvalue weighted by molar-refractivity contribution is -0.116. The molecule has 2 aromatic rings. The van der Waals surface area contributed by atoms with E-state index in [0.29, 0.717) is 12.1 Å². The molecule has 5 heteroatoms. The lowest BCUT2D eigenvalue weighted by Gasteiger charge is -2.11. The summed E-state index contributed by atoms with van der Waals surface area (Å²) in [5.74, 6) is 1.59. The molecule has 1 aromatic carbocycles. The molecule has 0 aliphatic heterocycles. The van der Waals surface area contributed by atoms with Crippen LogP contribution < -0.4 is 15.4 Å². The Morgan fingerprint density at radius 3 is 2.42 bits per heavy atom. The number of nitrogens with one attached hydrogen (secondary N) is 2. The van der Waals surface area contributed by atoms with Crippen molar-refractivity contribution in [1.82, 2.24) is 4.98 Å². The van der Waals surface area contributed by atoms with Gasteiger partial charge in [-0.1, -0.05) is 13.3 Å². The largest absolute Gasteiger partial charge is 0.491 e. The van der Waals surface area contributed by atoms with Gasteiger partial charge in [-0.05, 0) is 56.7 Å². The Bertz CT molecular complexity index is 637. The number of anilines is 3. The highest BCUT2D eigenvalue weighted by Crippen LogP contribution is 2.20. The van der Waals surface area contributed by atoms with Gasteiger partial charge in [0.25, 0.3) is 0 Å². The number of hydrogen-bond acceptors (Lipinski definition) is 4. The molecule has 24 heavy (non-hydrogen) atoms. The van der Waals surface area contributed by atoms with Crippen LogP contribution >= 0.6 is 0 Å². The fraction of sp³-hybridized carbons (Fsp3) is 0.368. The van der Waals surface area contributed by atoms with Crippen LogP contribution in [0.15, 0.2) is 42.6 Å². The van der Waals surface area contributed by atoms with Crippen LogP contribution in [0.1, 0.15) is 40.0 Å². The van der Waals surface area contributed by atoms with E-state index in [9.17, 15) is 4.79 Å². The molecule has 0 aliphatic rings. The van der Waals surface area contributed by atoms with Gasteiger partial charge in [0.1, 0.15) is 11.6 Å². The first-order chi connectivity index (χ1) is 11.6. The minimum atomic E-state index is 0.0279. The van der Waals surface area contributed by atoms with E-state index in [2.05, 4.69) is 22.5 Å². The molecule has 0 unspecified atom stereocenters. The van der Waals surface area contributed by atoms with Gasteiger partial charge in [0.2, 0.25) is 5.91 Å². The second-order valence-corrected chi connectivity index (χ2v) is 5.90. The molecule has 128 valence electrons. The number of benzene rings is 1. The third-order valence-corrected chi connectivity index (χ3v) is 3.30. The van der Waals surface area contributed by atoms with Crippen LogP contribution in [0.25, 0.3) is 0 Å². The number of aromatic nitrogens is 1. The number of amides is 1. The zero-order chi connectivity index (χ0) is 17.4. The fourth-order valence-corrected chi connectivity index (χ4v) is 2.14. The fourth-order valence-electron chi connectivity index (χ4n) is 2.14. The topological polar surface area (TPSA) is 63.2 Å². The van der Waals surface area contributed by atoms with Gasteiger partial charge in [0.15, 0.2) is 0 Å². The summed E-state index contributed by atoms with van der Waals surface area (Å²) in [5, 5.41) is 6.07. The first-order valence-electron chi connectivity index (χ1n) is 8.36. The minimum Gasteiger partial charge on any atom is -0.491 e. The van der Waals surface area contributed by atoms with Crippen LogP contribution in [0.5, 0.6) is 5.75 Å². The third-order valence-electron chi connectivity index (χ3n) is 3.30. The summed E-state index contributed by atoms with van der Waals surface area (Å²) in [6.45, 7) is 6.06. The van der Waals surface area contributed by atoms with Gasteiger partial charge in [-0.15, -0.1) is 0 Å². The first-order valence-corrected chi connectivity index (χ1v) is 8.36. The molecule has 5 nitrogen and oxygen atoms in total. The molecule has 2 rings (SSSR count). The number of carbonyl (C=O) groups is 1. The van der Waals surface area contributed by atoms with Crippen molar-refractivity contribution >= 4 is 23.1 Å². The van der Waals surface area contributed by atoms with Crippen LogP contribution in [-0.4, -0.2) is 17.0 Å².